The van der Waals surface area contributed by atoms with Crippen molar-refractivity contribution in [3.63, 3.8) is 0 Å². The monoisotopic (exact) mass is 351 g/mol. The van der Waals surface area contributed by atoms with Gasteiger partial charge in [-0.15, -0.1) is 0 Å². The Hall–Kier alpha value is -1.92. The Morgan fingerprint density at radius 3 is 2.50 bits per heavy atom. The van der Waals surface area contributed by atoms with Crippen molar-refractivity contribution in [1.82, 2.24) is 5.32 Å². The molecule has 0 aliphatic carbocycles. The predicted molar refractivity (Wildman–Crippen MR) is 93.6 cm³/mol. The molecule has 130 valence electrons. The molecule has 1 heterocycles. The molecule has 0 spiro atoms. The third-order valence-electron chi connectivity index (χ3n) is 4.29. The van der Waals surface area contributed by atoms with E-state index in [2.05, 4.69) is 5.32 Å². The number of hydrogen-bond acceptors (Lipinski definition) is 5. The van der Waals surface area contributed by atoms with Crippen LogP contribution in [-0.4, -0.2) is 41.8 Å². The minimum Gasteiger partial charge on any atom is -0.395 e. The maximum atomic E-state index is 12.3. The number of carbonyl (C=O) groups is 2. The second kappa shape index (κ2) is 7.32. The van der Waals surface area contributed by atoms with Crippen LogP contribution in [0.5, 0.6) is 0 Å². The van der Waals surface area contributed by atoms with Crippen LogP contribution in [0.4, 0.5) is 5.69 Å². The second-order valence-corrected chi connectivity index (χ2v) is 7.02. The standard InChI is InChI=1S/C17H22ClN3O3/c1-17(2,10-22)14(19)9-15(23)20-16(24)13-7-8-21(13)12-5-3-11(18)4-6-12/h3-6,13,19,22H,7-10H2,1-2H3,(H,20,23,24). The Balaban J connectivity index is 1.91. The molecule has 6 nitrogen and oxygen atoms in total. The molecular weight excluding hydrogens is 330 g/mol. The van der Waals surface area contributed by atoms with Crippen LogP contribution in [-0.2, 0) is 9.59 Å². The van der Waals surface area contributed by atoms with E-state index in [1.165, 1.54) is 0 Å². The topological polar surface area (TPSA) is 93.5 Å². The quantitative estimate of drug-likeness (QED) is 0.683. The van der Waals surface area contributed by atoms with Crippen LogP contribution in [0.3, 0.4) is 0 Å². The average Bonchev–Trinajstić information content (AvgIpc) is 2.47. The Kier molecular flexibility index (Phi) is 5.62. The van der Waals surface area contributed by atoms with Gasteiger partial charge in [-0.1, -0.05) is 25.4 Å². The molecule has 0 aromatic heterocycles. The van der Waals surface area contributed by atoms with Gasteiger partial charge in [0.15, 0.2) is 0 Å². The van der Waals surface area contributed by atoms with E-state index in [4.69, 9.17) is 17.0 Å². The van der Waals surface area contributed by atoms with Gasteiger partial charge in [0, 0.05) is 28.4 Å². The molecule has 1 saturated heterocycles. The van der Waals surface area contributed by atoms with Crippen LogP contribution in [0.15, 0.2) is 24.3 Å². The predicted octanol–water partition coefficient (Wildman–Crippen LogP) is 1.99. The third-order valence-corrected chi connectivity index (χ3v) is 4.54. The van der Waals surface area contributed by atoms with Gasteiger partial charge in [0.2, 0.25) is 11.8 Å². The number of nitrogens with one attached hydrogen (secondary N) is 2. The van der Waals surface area contributed by atoms with Gasteiger partial charge in [0.05, 0.1) is 13.0 Å². The zero-order valence-corrected chi connectivity index (χ0v) is 14.6. The van der Waals surface area contributed by atoms with Crippen LogP contribution >= 0.6 is 11.6 Å². The van der Waals surface area contributed by atoms with Gasteiger partial charge in [-0.3, -0.25) is 14.9 Å². The van der Waals surface area contributed by atoms with Gasteiger partial charge in [-0.25, -0.2) is 0 Å². The minimum atomic E-state index is -0.772. The smallest absolute Gasteiger partial charge is 0.249 e. The van der Waals surface area contributed by atoms with Crippen LogP contribution < -0.4 is 10.2 Å². The third kappa shape index (κ3) is 4.13. The number of benzene rings is 1. The van der Waals surface area contributed by atoms with E-state index in [0.717, 1.165) is 12.2 Å². The first-order valence-electron chi connectivity index (χ1n) is 7.79. The summed E-state index contributed by atoms with van der Waals surface area (Å²) in [7, 11) is 0. The van der Waals surface area contributed by atoms with Crippen molar-refractivity contribution in [2.45, 2.75) is 32.7 Å². The molecule has 2 rings (SSSR count). The number of nitrogens with zero attached hydrogens (tertiary/aromatic N) is 1. The second-order valence-electron chi connectivity index (χ2n) is 6.58. The number of imide groups is 1. The van der Waals surface area contributed by atoms with E-state index in [1.807, 2.05) is 17.0 Å². The summed E-state index contributed by atoms with van der Waals surface area (Å²) < 4.78 is 0. The summed E-state index contributed by atoms with van der Waals surface area (Å²) in [6.07, 6.45) is 0.467. The number of halogens is 1. The van der Waals surface area contributed by atoms with E-state index in [1.54, 1.807) is 26.0 Å². The van der Waals surface area contributed by atoms with E-state index < -0.39 is 17.4 Å². The number of aliphatic hydroxyl groups excluding tert-OH is 1. The highest BCUT2D eigenvalue weighted by Gasteiger charge is 2.35. The van der Waals surface area contributed by atoms with E-state index in [0.29, 0.717) is 11.4 Å². The highest BCUT2D eigenvalue weighted by atomic mass is 35.5. The van der Waals surface area contributed by atoms with E-state index in [9.17, 15) is 14.7 Å². The summed E-state index contributed by atoms with van der Waals surface area (Å²) in [5.41, 5.74) is 0.206. The molecule has 1 unspecified atom stereocenters. The highest BCUT2D eigenvalue weighted by Crippen LogP contribution is 2.27. The van der Waals surface area contributed by atoms with Gasteiger partial charge in [-0.05, 0) is 30.7 Å². The molecular formula is C17H22ClN3O3. The molecule has 3 N–H and O–H groups in total. The maximum absolute atomic E-state index is 12.3. The lowest BCUT2D eigenvalue weighted by Gasteiger charge is -2.41. The average molecular weight is 352 g/mol. The van der Waals surface area contributed by atoms with Crippen molar-refractivity contribution in [3.05, 3.63) is 29.3 Å². The fourth-order valence-corrected chi connectivity index (χ4v) is 2.49. The van der Waals surface area contributed by atoms with E-state index in [-0.39, 0.29) is 24.6 Å². The SMILES string of the molecule is CC(C)(CO)C(=N)CC(=O)NC(=O)C1CCN1c1ccc(Cl)cc1. The van der Waals surface area contributed by atoms with Crippen molar-refractivity contribution in [2.24, 2.45) is 5.41 Å². The first-order valence-corrected chi connectivity index (χ1v) is 8.17. The molecule has 7 heteroatoms. The molecule has 1 aromatic rings. The summed E-state index contributed by atoms with van der Waals surface area (Å²) in [5.74, 6) is -0.884. The zero-order valence-electron chi connectivity index (χ0n) is 13.8. The lowest BCUT2D eigenvalue weighted by molar-refractivity contribution is -0.131. The van der Waals surface area contributed by atoms with Crippen LogP contribution in [0.25, 0.3) is 0 Å². The number of hydrogen-bond donors (Lipinski definition) is 3. The normalized spacial score (nSPS) is 17.2. The Bertz CT molecular complexity index is 643. The fourth-order valence-electron chi connectivity index (χ4n) is 2.36. The summed E-state index contributed by atoms with van der Waals surface area (Å²) in [6.45, 7) is 3.87. The van der Waals surface area contributed by atoms with Crippen molar-refractivity contribution >= 4 is 34.8 Å². The van der Waals surface area contributed by atoms with Crippen LogP contribution in [0, 0.1) is 10.8 Å². The zero-order chi connectivity index (χ0) is 17.9. The number of anilines is 1. The number of carbonyl (C=O) groups excluding carboxylic acids is 2. The molecule has 1 aliphatic rings. The summed E-state index contributed by atoms with van der Waals surface area (Å²) in [5, 5.41) is 20.1. The van der Waals surface area contributed by atoms with Crippen LogP contribution in [0.1, 0.15) is 26.7 Å². The van der Waals surface area contributed by atoms with Crippen molar-refractivity contribution < 1.29 is 14.7 Å². The molecule has 1 aliphatic heterocycles. The van der Waals surface area contributed by atoms with Gasteiger partial charge in [0.1, 0.15) is 6.04 Å². The van der Waals surface area contributed by atoms with Crippen molar-refractivity contribution in [2.75, 3.05) is 18.1 Å². The number of aliphatic hydroxyl groups is 1. The van der Waals surface area contributed by atoms with Crippen LogP contribution in [0.2, 0.25) is 5.02 Å². The number of rotatable bonds is 6. The summed E-state index contributed by atoms with van der Waals surface area (Å²) in [4.78, 5) is 26.1. The van der Waals surface area contributed by atoms with Gasteiger partial charge in [0.25, 0.3) is 0 Å². The lowest BCUT2D eigenvalue weighted by atomic mass is 9.86. The lowest BCUT2D eigenvalue weighted by Crippen LogP contribution is -2.57. The van der Waals surface area contributed by atoms with E-state index >= 15 is 0 Å². The molecule has 24 heavy (non-hydrogen) atoms. The molecule has 1 fully saturated rings. The first kappa shape index (κ1) is 18.4. The van der Waals surface area contributed by atoms with Crippen molar-refractivity contribution in [1.29, 1.82) is 5.41 Å². The Morgan fingerprint density at radius 1 is 1.38 bits per heavy atom. The van der Waals surface area contributed by atoms with Gasteiger partial charge >= 0.3 is 0 Å². The molecule has 1 aromatic carbocycles. The minimum absolute atomic E-state index is 0.0958. The fraction of sp³-hybridized carbons (Fsp3) is 0.471. The first-order chi connectivity index (χ1) is 11.2. The summed E-state index contributed by atoms with van der Waals surface area (Å²) in [6, 6.07) is 6.79. The van der Waals surface area contributed by atoms with Gasteiger partial charge < -0.3 is 15.4 Å². The molecule has 1 atom stereocenters. The molecule has 0 radical (unpaired) electrons. The maximum Gasteiger partial charge on any atom is 0.249 e. The highest BCUT2D eigenvalue weighted by molar-refractivity contribution is 6.30. The van der Waals surface area contributed by atoms with Crippen molar-refractivity contribution in [3.8, 4) is 0 Å². The van der Waals surface area contributed by atoms with Gasteiger partial charge in [-0.2, -0.15) is 0 Å². The molecule has 2 amide bonds. The summed E-state index contributed by atoms with van der Waals surface area (Å²) >= 11 is 5.86. The Morgan fingerprint density at radius 2 is 2.00 bits per heavy atom. The number of amides is 2. The molecule has 0 bridgehead atoms. The molecule has 0 saturated carbocycles. The Labute approximate surface area is 146 Å². The largest absolute Gasteiger partial charge is 0.395 e.